The van der Waals surface area contributed by atoms with E-state index in [9.17, 15) is 14.4 Å². The summed E-state index contributed by atoms with van der Waals surface area (Å²) in [4.78, 5) is 38.4. The predicted molar refractivity (Wildman–Crippen MR) is 361 cm³/mol. The maximum absolute atomic E-state index is 12.9. The van der Waals surface area contributed by atoms with Gasteiger partial charge in [-0.05, 0) is 154 Å². The monoisotopic (exact) mass is 1140 g/mol. The van der Waals surface area contributed by atoms with Crippen LogP contribution in [0.5, 0.6) is 0 Å². The highest BCUT2D eigenvalue weighted by atomic mass is 16.6. The molecule has 0 rings (SSSR count). The highest BCUT2D eigenvalue weighted by Gasteiger charge is 2.19. The zero-order valence-corrected chi connectivity index (χ0v) is 52.9. The number of hydrogen-bond donors (Lipinski definition) is 0. The van der Waals surface area contributed by atoms with Crippen LogP contribution in [0.15, 0.2) is 194 Å². The third-order valence-electron chi connectivity index (χ3n) is 13.1. The Bertz CT molecular complexity index is 1990. The lowest BCUT2D eigenvalue weighted by Crippen LogP contribution is -2.30. The number of allylic oxidation sites excluding steroid dienone is 32. The molecule has 0 heterocycles. The predicted octanol–water partition coefficient (Wildman–Crippen LogP) is 23.0. The number of unbranched alkanes of at least 4 members (excludes halogenated alkanes) is 14. The van der Waals surface area contributed by atoms with Gasteiger partial charge in [0, 0.05) is 19.3 Å². The van der Waals surface area contributed by atoms with Gasteiger partial charge in [-0.3, -0.25) is 14.4 Å². The molecule has 6 nitrogen and oxygen atoms in total. The SMILES string of the molecule is CC/C=C\C/C=C\C/C=C\C/C=C\C/C=C\C/C=C\C/C=C\CCCCCCCC(=O)OCC(COC(=O)CCCCCCCC/C=C\C/C=C\C/C=C\CCCCC)OC(=O)CC/C=C\C/C=C\C/C=C\C/C=C\C/C=C\C/C=C\CC. The number of esters is 3. The van der Waals surface area contributed by atoms with Crippen molar-refractivity contribution in [2.45, 2.75) is 258 Å². The third kappa shape index (κ3) is 66.9. The van der Waals surface area contributed by atoms with Crippen LogP contribution in [0.25, 0.3) is 0 Å². The summed E-state index contributed by atoms with van der Waals surface area (Å²) in [5.41, 5.74) is 0. The molecule has 6 heteroatoms. The molecular formula is C77H118O6. The highest BCUT2D eigenvalue weighted by molar-refractivity contribution is 5.71. The van der Waals surface area contributed by atoms with E-state index in [2.05, 4.69) is 203 Å². The maximum atomic E-state index is 12.9. The second-order valence-corrected chi connectivity index (χ2v) is 20.9. The van der Waals surface area contributed by atoms with Crippen molar-refractivity contribution in [1.29, 1.82) is 0 Å². The molecule has 0 saturated heterocycles. The summed E-state index contributed by atoms with van der Waals surface area (Å²) in [5, 5.41) is 0. The van der Waals surface area contributed by atoms with Crippen molar-refractivity contribution >= 4 is 17.9 Å². The van der Waals surface area contributed by atoms with Crippen molar-refractivity contribution in [3.05, 3.63) is 194 Å². The van der Waals surface area contributed by atoms with Crippen LogP contribution >= 0.6 is 0 Å². The Hall–Kier alpha value is -5.75. The van der Waals surface area contributed by atoms with Crippen LogP contribution in [0.2, 0.25) is 0 Å². The van der Waals surface area contributed by atoms with Crippen LogP contribution in [0.4, 0.5) is 0 Å². The fourth-order valence-electron chi connectivity index (χ4n) is 8.22. The summed E-state index contributed by atoms with van der Waals surface area (Å²) in [6, 6.07) is 0. The van der Waals surface area contributed by atoms with Gasteiger partial charge in [-0.15, -0.1) is 0 Å². The van der Waals surface area contributed by atoms with Crippen LogP contribution in [0.3, 0.4) is 0 Å². The van der Waals surface area contributed by atoms with Gasteiger partial charge in [-0.25, -0.2) is 0 Å². The van der Waals surface area contributed by atoms with Crippen LogP contribution < -0.4 is 0 Å². The molecule has 1 atom stereocenters. The molecule has 1 unspecified atom stereocenters. The summed E-state index contributed by atoms with van der Waals surface area (Å²) < 4.78 is 16.8. The van der Waals surface area contributed by atoms with E-state index >= 15 is 0 Å². The standard InChI is InChI=1S/C77H118O6/c1-4-7-10-13-16-19-22-25-28-31-34-35-36-37-38-39-40-41-44-46-49-52-55-58-61-64-67-70-76(79)82-73-74(83-77(80)71-68-65-62-59-56-53-50-47-43-33-30-27-24-21-18-15-12-9-6-3)72-81-75(78)69-66-63-60-57-54-51-48-45-42-32-29-26-23-20-17-14-11-8-5-2/h7,9-10,12,16-21,25-30,34-35,37-38,40-43,45-47,49,53,56,62,65,74H,4-6,8,11,13-15,22-24,31-33,36,39,44,48,50-52,54-55,57-61,63-64,66-73H2,1-3H3/b10-7-,12-9-,19-16-,20-17-,21-18-,28-25-,29-26-,30-27-,35-34-,38-37-,41-40-,45-42-,47-43-,49-46-,56-53-,65-62-. The molecule has 0 saturated carbocycles. The van der Waals surface area contributed by atoms with Crippen LogP contribution in [-0.4, -0.2) is 37.2 Å². The fraction of sp³-hybridized carbons (Fsp3) is 0.545. The molecular weight excluding hydrogens is 1020 g/mol. The van der Waals surface area contributed by atoms with Gasteiger partial charge in [0.2, 0.25) is 0 Å². The number of rotatable bonds is 57. The van der Waals surface area contributed by atoms with Crippen LogP contribution in [0.1, 0.15) is 252 Å². The Labute approximate surface area is 509 Å². The van der Waals surface area contributed by atoms with E-state index in [0.29, 0.717) is 19.3 Å². The lowest BCUT2D eigenvalue weighted by molar-refractivity contribution is -0.166. The van der Waals surface area contributed by atoms with E-state index in [1.54, 1.807) is 0 Å². The molecule has 0 aromatic carbocycles. The van der Waals surface area contributed by atoms with Gasteiger partial charge in [-0.2, -0.15) is 0 Å². The normalized spacial score (nSPS) is 13.4. The van der Waals surface area contributed by atoms with Crippen molar-refractivity contribution in [3.63, 3.8) is 0 Å². The summed E-state index contributed by atoms with van der Waals surface area (Å²) >= 11 is 0. The maximum Gasteiger partial charge on any atom is 0.306 e. The molecule has 0 aliphatic rings. The smallest absolute Gasteiger partial charge is 0.306 e. The first-order valence-electron chi connectivity index (χ1n) is 32.9. The molecule has 0 radical (unpaired) electrons. The molecule has 0 amide bonds. The van der Waals surface area contributed by atoms with Gasteiger partial charge in [0.05, 0.1) is 0 Å². The van der Waals surface area contributed by atoms with Crippen molar-refractivity contribution in [3.8, 4) is 0 Å². The molecule has 0 aromatic heterocycles. The molecule has 0 aliphatic carbocycles. The Morgan fingerprint density at radius 1 is 0.253 bits per heavy atom. The van der Waals surface area contributed by atoms with E-state index in [0.717, 1.165) is 167 Å². The lowest BCUT2D eigenvalue weighted by Gasteiger charge is -2.18. The number of ether oxygens (including phenoxy) is 3. The Kier molecular flexibility index (Phi) is 64.0. The van der Waals surface area contributed by atoms with Crippen molar-refractivity contribution in [2.75, 3.05) is 13.2 Å². The van der Waals surface area contributed by atoms with Gasteiger partial charge in [0.15, 0.2) is 6.10 Å². The van der Waals surface area contributed by atoms with Crippen molar-refractivity contribution < 1.29 is 28.6 Å². The van der Waals surface area contributed by atoms with E-state index in [1.165, 1.54) is 38.5 Å². The van der Waals surface area contributed by atoms with Crippen molar-refractivity contribution in [1.82, 2.24) is 0 Å². The molecule has 0 bridgehead atoms. The largest absolute Gasteiger partial charge is 0.462 e. The molecule has 83 heavy (non-hydrogen) atoms. The van der Waals surface area contributed by atoms with Gasteiger partial charge in [-0.1, -0.05) is 273 Å². The quantitative estimate of drug-likeness (QED) is 0.0261. The minimum Gasteiger partial charge on any atom is -0.462 e. The summed E-state index contributed by atoms with van der Waals surface area (Å²) in [5.74, 6) is -1.06. The molecule has 0 fully saturated rings. The van der Waals surface area contributed by atoms with E-state index in [1.807, 2.05) is 12.2 Å². The van der Waals surface area contributed by atoms with E-state index < -0.39 is 12.1 Å². The zero-order valence-electron chi connectivity index (χ0n) is 52.9. The summed E-state index contributed by atoms with van der Waals surface area (Å²) in [6.07, 6.45) is 104. The van der Waals surface area contributed by atoms with Gasteiger partial charge < -0.3 is 14.2 Å². The summed E-state index contributed by atoms with van der Waals surface area (Å²) in [7, 11) is 0. The summed E-state index contributed by atoms with van der Waals surface area (Å²) in [6.45, 7) is 6.28. The third-order valence-corrected chi connectivity index (χ3v) is 13.1. The second-order valence-electron chi connectivity index (χ2n) is 20.9. The second kappa shape index (κ2) is 68.7. The average Bonchev–Trinajstić information content (AvgIpc) is 3.50. The molecule has 0 N–H and O–H groups in total. The zero-order chi connectivity index (χ0) is 59.9. The van der Waals surface area contributed by atoms with Crippen molar-refractivity contribution in [2.24, 2.45) is 0 Å². The first-order valence-corrected chi connectivity index (χ1v) is 32.9. The minimum absolute atomic E-state index is 0.132. The van der Waals surface area contributed by atoms with Crippen LogP contribution in [0, 0.1) is 0 Å². The Morgan fingerprint density at radius 2 is 0.494 bits per heavy atom. The number of carbonyl (C=O) groups is 3. The molecule has 0 spiro atoms. The Morgan fingerprint density at radius 3 is 0.783 bits per heavy atom. The lowest BCUT2D eigenvalue weighted by atomic mass is 10.1. The molecule has 0 aliphatic heterocycles. The van der Waals surface area contributed by atoms with Gasteiger partial charge in [0.25, 0.3) is 0 Å². The first-order chi connectivity index (χ1) is 41.0. The first kappa shape index (κ1) is 77.2. The van der Waals surface area contributed by atoms with E-state index in [-0.39, 0.29) is 31.6 Å². The molecule has 462 valence electrons. The number of hydrogen-bond acceptors (Lipinski definition) is 6. The minimum atomic E-state index is -0.847. The van der Waals surface area contributed by atoms with E-state index in [4.69, 9.17) is 14.2 Å². The highest BCUT2D eigenvalue weighted by Crippen LogP contribution is 2.13. The fourth-order valence-corrected chi connectivity index (χ4v) is 8.22. The van der Waals surface area contributed by atoms with Crippen LogP contribution in [-0.2, 0) is 28.6 Å². The Balaban J connectivity index is 4.58. The van der Waals surface area contributed by atoms with Gasteiger partial charge in [0.1, 0.15) is 13.2 Å². The number of carbonyl (C=O) groups excluding carboxylic acids is 3. The molecule has 0 aromatic rings. The topological polar surface area (TPSA) is 78.9 Å². The average molecular weight is 1140 g/mol. The van der Waals surface area contributed by atoms with Gasteiger partial charge >= 0.3 is 17.9 Å².